The van der Waals surface area contributed by atoms with Crippen LogP contribution in [0.5, 0.6) is 5.75 Å². The van der Waals surface area contributed by atoms with E-state index in [2.05, 4.69) is 9.46 Å². The molecule has 0 aromatic heterocycles. The number of hydrogen-bond donors (Lipinski definition) is 2. The number of nitrogens with one attached hydrogen (secondary N) is 1. The Morgan fingerprint density at radius 3 is 2.48 bits per heavy atom. The van der Waals surface area contributed by atoms with Crippen LogP contribution in [-0.4, -0.2) is 32.5 Å². The molecule has 0 aliphatic heterocycles. The third kappa shape index (κ3) is 5.52. The van der Waals surface area contributed by atoms with Crippen LogP contribution in [0.1, 0.15) is 13.8 Å². The Balaban J connectivity index is 2.96. The SMILES string of the molecule is CC(CO)C(C)NS(=O)(=O)c1cccc(OC(F)(F)F)c1. The summed E-state index contributed by atoms with van der Waals surface area (Å²) in [5.74, 6) is -0.956. The van der Waals surface area contributed by atoms with Crippen LogP contribution in [0.25, 0.3) is 0 Å². The summed E-state index contributed by atoms with van der Waals surface area (Å²) in [5, 5.41) is 8.96. The normalized spacial score (nSPS) is 15.5. The van der Waals surface area contributed by atoms with Gasteiger partial charge in [-0.2, -0.15) is 0 Å². The highest BCUT2D eigenvalue weighted by molar-refractivity contribution is 7.89. The van der Waals surface area contributed by atoms with Crippen LogP contribution in [-0.2, 0) is 10.0 Å². The van der Waals surface area contributed by atoms with Gasteiger partial charge >= 0.3 is 6.36 Å². The molecule has 0 fully saturated rings. The van der Waals surface area contributed by atoms with Crippen molar-refractivity contribution in [2.45, 2.75) is 31.1 Å². The van der Waals surface area contributed by atoms with Gasteiger partial charge in [-0.1, -0.05) is 13.0 Å². The van der Waals surface area contributed by atoms with Gasteiger partial charge in [-0.15, -0.1) is 13.2 Å². The molecule has 5 nitrogen and oxygen atoms in total. The second kappa shape index (κ2) is 6.63. The Bertz CT molecular complexity index is 574. The van der Waals surface area contributed by atoms with Gasteiger partial charge in [0.1, 0.15) is 5.75 Å². The molecule has 0 aliphatic rings. The second-order valence-electron chi connectivity index (χ2n) is 4.59. The largest absolute Gasteiger partial charge is 0.573 e. The summed E-state index contributed by atoms with van der Waals surface area (Å²) in [6, 6.07) is 3.52. The second-order valence-corrected chi connectivity index (χ2v) is 6.31. The van der Waals surface area contributed by atoms with E-state index in [0.717, 1.165) is 24.3 Å². The molecule has 0 saturated carbocycles. The Kier molecular flexibility index (Phi) is 5.60. The number of hydrogen-bond acceptors (Lipinski definition) is 4. The number of alkyl halides is 3. The average molecular weight is 327 g/mol. The van der Waals surface area contributed by atoms with Crippen LogP contribution in [0.2, 0.25) is 0 Å². The van der Waals surface area contributed by atoms with Gasteiger partial charge in [0.05, 0.1) is 4.90 Å². The molecular formula is C12H16F3NO4S. The summed E-state index contributed by atoms with van der Waals surface area (Å²) in [6.07, 6.45) is -4.89. The van der Waals surface area contributed by atoms with Gasteiger partial charge in [0.25, 0.3) is 0 Å². The van der Waals surface area contributed by atoms with E-state index in [0.29, 0.717) is 0 Å². The van der Waals surface area contributed by atoms with Gasteiger partial charge < -0.3 is 9.84 Å². The zero-order chi connectivity index (χ0) is 16.3. The number of rotatable bonds is 6. The molecule has 120 valence electrons. The quantitative estimate of drug-likeness (QED) is 0.836. The summed E-state index contributed by atoms with van der Waals surface area (Å²) in [7, 11) is -4.00. The van der Waals surface area contributed by atoms with E-state index >= 15 is 0 Å². The van der Waals surface area contributed by atoms with E-state index in [1.165, 1.54) is 0 Å². The zero-order valence-electron chi connectivity index (χ0n) is 11.4. The minimum absolute atomic E-state index is 0.221. The number of sulfonamides is 1. The molecule has 0 amide bonds. The summed E-state index contributed by atoms with van der Waals surface area (Å²) < 4.78 is 66.4. The van der Waals surface area contributed by atoms with Crippen molar-refractivity contribution in [2.75, 3.05) is 6.61 Å². The van der Waals surface area contributed by atoms with Crippen molar-refractivity contribution in [3.8, 4) is 5.75 Å². The molecule has 0 saturated heterocycles. The van der Waals surface area contributed by atoms with Gasteiger partial charge in [-0.3, -0.25) is 0 Å². The molecule has 1 aromatic rings. The van der Waals surface area contributed by atoms with Crippen LogP contribution in [0.4, 0.5) is 13.2 Å². The molecule has 0 aliphatic carbocycles. The van der Waals surface area contributed by atoms with Crippen molar-refractivity contribution in [2.24, 2.45) is 5.92 Å². The van der Waals surface area contributed by atoms with Gasteiger partial charge in [-0.25, -0.2) is 13.1 Å². The first-order valence-electron chi connectivity index (χ1n) is 6.04. The molecule has 0 spiro atoms. The van der Waals surface area contributed by atoms with Crippen molar-refractivity contribution in [1.29, 1.82) is 0 Å². The average Bonchev–Trinajstić information content (AvgIpc) is 2.35. The molecule has 2 atom stereocenters. The molecule has 0 heterocycles. The number of benzene rings is 1. The fraction of sp³-hybridized carbons (Fsp3) is 0.500. The molecule has 2 unspecified atom stereocenters. The summed E-state index contributed by atoms with van der Waals surface area (Å²) in [4.78, 5) is -0.346. The van der Waals surface area contributed by atoms with E-state index in [9.17, 15) is 21.6 Å². The van der Waals surface area contributed by atoms with Crippen molar-refractivity contribution in [1.82, 2.24) is 4.72 Å². The van der Waals surface area contributed by atoms with E-state index in [4.69, 9.17) is 5.11 Å². The first-order chi connectivity index (χ1) is 9.55. The maximum Gasteiger partial charge on any atom is 0.573 e. The predicted molar refractivity (Wildman–Crippen MR) is 69.2 cm³/mol. The standard InChI is InChI=1S/C12H16F3NO4S/c1-8(7-17)9(2)16-21(18,19)11-5-3-4-10(6-11)20-12(13,14)15/h3-6,8-9,16-17H,7H2,1-2H3. The number of aliphatic hydroxyl groups excluding tert-OH is 1. The van der Waals surface area contributed by atoms with Gasteiger partial charge in [0.15, 0.2) is 0 Å². The van der Waals surface area contributed by atoms with Crippen LogP contribution in [0.15, 0.2) is 29.2 Å². The van der Waals surface area contributed by atoms with Gasteiger partial charge in [-0.05, 0) is 25.0 Å². The lowest BCUT2D eigenvalue weighted by atomic mass is 10.1. The van der Waals surface area contributed by atoms with Crippen LogP contribution >= 0.6 is 0 Å². The minimum atomic E-state index is -4.89. The van der Waals surface area contributed by atoms with Gasteiger partial charge in [0.2, 0.25) is 10.0 Å². The lowest BCUT2D eigenvalue weighted by Crippen LogP contribution is -2.38. The third-order valence-corrected chi connectivity index (χ3v) is 4.39. The fourth-order valence-electron chi connectivity index (χ4n) is 1.43. The summed E-state index contributed by atoms with van der Waals surface area (Å²) in [6.45, 7) is 2.96. The summed E-state index contributed by atoms with van der Waals surface area (Å²) in [5.41, 5.74) is 0. The molecule has 0 bridgehead atoms. The van der Waals surface area contributed by atoms with Crippen molar-refractivity contribution >= 4 is 10.0 Å². The first kappa shape index (κ1) is 17.7. The van der Waals surface area contributed by atoms with Gasteiger partial charge in [0, 0.05) is 18.7 Å². The molecule has 9 heteroatoms. The number of halogens is 3. The highest BCUT2D eigenvalue weighted by atomic mass is 32.2. The van der Waals surface area contributed by atoms with E-state index < -0.39 is 28.2 Å². The van der Waals surface area contributed by atoms with Crippen molar-refractivity contribution < 1.29 is 31.4 Å². The van der Waals surface area contributed by atoms with Crippen LogP contribution < -0.4 is 9.46 Å². The maximum absolute atomic E-state index is 12.1. The Hall–Kier alpha value is -1.32. The lowest BCUT2D eigenvalue weighted by Gasteiger charge is -2.19. The molecule has 21 heavy (non-hydrogen) atoms. The van der Waals surface area contributed by atoms with E-state index in [1.807, 2.05) is 0 Å². The lowest BCUT2D eigenvalue weighted by molar-refractivity contribution is -0.274. The first-order valence-corrected chi connectivity index (χ1v) is 7.52. The number of aliphatic hydroxyl groups is 1. The smallest absolute Gasteiger partial charge is 0.406 e. The highest BCUT2D eigenvalue weighted by Crippen LogP contribution is 2.25. The monoisotopic (exact) mass is 327 g/mol. The minimum Gasteiger partial charge on any atom is -0.406 e. The maximum atomic E-state index is 12.1. The molecule has 2 N–H and O–H groups in total. The topological polar surface area (TPSA) is 75.6 Å². The van der Waals surface area contributed by atoms with Crippen LogP contribution in [0, 0.1) is 5.92 Å². The highest BCUT2D eigenvalue weighted by Gasteiger charge is 2.31. The van der Waals surface area contributed by atoms with Crippen LogP contribution in [0.3, 0.4) is 0 Å². The summed E-state index contributed by atoms with van der Waals surface area (Å²) >= 11 is 0. The molecule has 1 aromatic carbocycles. The van der Waals surface area contributed by atoms with E-state index in [1.54, 1.807) is 13.8 Å². The molecule has 0 radical (unpaired) electrons. The zero-order valence-corrected chi connectivity index (χ0v) is 12.2. The predicted octanol–water partition coefficient (Wildman–Crippen LogP) is 1.88. The molecular weight excluding hydrogens is 311 g/mol. The fourth-order valence-corrected chi connectivity index (χ4v) is 2.81. The van der Waals surface area contributed by atoms with Crippen molar-refractivity contribution in [3.63, 3.8) is 0 Å². The molecule has 1 rings (SSSR count). The Morgan fingerprint density at radius 1 is 1.33 bits per heavy atom. The third-order valence-electron chi connectivity index (χ3n) is 2.83. The van der Waals surface area contributed by atoms with Crippen molar-refractivity contribution in [3.05, 3.63) is 24.3 Å². The van der Waals surface area contributed by atoms with E-state index in [-0.39, 0.29) is 17.4 Å². The number of ether oxygens (including phenoxy) is 1. The Morgan fingerprint density at radius 2 is 1.95 bits per heavy atom. The Labute approximate surface area is 120 Å².